The number of carbonyl (C=O) groups is 2. The van der Waals surface area contributed by atoms with Crippen molar-refractivity contribution in [3.8, 4) is 5.75 Å². The average molecular weight is 330 g/mol. The standard InChI is InChI=1S/C15H20F2N2O4/c1-4-22-14(21)11-8-12(19(3)6-5-18)13(7-10(11)2)23-15(16,17)9-20/h7-9H,4-6,18H2,1-3H3. The van der Waals surface area contributed by atoms with Crippen LogP contribution in [0.5, 0.6) is 5.75 Å². The lowest BCUT2D eigenvalue weighted by atomic mass is 10.1. The van der Waals surface area contributed by atoms with E-state index in [-0.39, 0.29) is 30.2 Å². The number of nitrogens with two attached hydrogens (primary N) is 1. The van der Waals surface area contributed by atoms with Gasteiger partial charge in [-0.1, -0.05) is 0 Å². The van der Waals surface area contributed by atoms with Gasteiger partial charge in [0.15, 0.2) is 5.75 Å². The minimum absolute atomic E-state index is 0.188. The smallest absolute Gasteiger partial charge is 0.458 e. The predicted molar refractivity (Wildman–Crippen MR) is 81.1 cm³/mol. The molecule has 128 valence electrons. The van der Waals surface area contributed by atoms with E-state index in [4.69, 9.17) is 10.5 Å². The van der Waals surface area contributed by atoms with E-state index < -0.39 is 18.4 Å². The first-order valence-electron chi connectivity index (χ1n) is 7.01. The Balaban J connectivity index is 3.35. The highest BCUT2D eigenvalue weighted by Gasteiger charge is 2.33. The van der Waals surface area contributed by atoms with Crippen LogP contribution in [0.3, 0.4) is 0 Å². The Labute approximate surface area is 133 Å². The molecule has 0 heterocycles. The molecule has 0 radical (unpaired) electrons. The van der Waals surface area contributed by atoms with Crippen LogP contribution in [-0.2, 0) is 9.53 Å². The molecule has 0 amide bonds. The lowest BCUT2D eigenvalue weighted by Crippen LogP contribution is -2.30. The molecule has 0 unspecified atom stereocenters. The Morgan fingerprint density at radius 2 is 2.09 bits per heavy atom. The molecule has 2 N–H and O–H groups in total. The van der Waals surface area contributed by atoms with E-state index in [1.54, 1.807) is 25.8 Å². The SMILES string of the molecule is CCOC(=O)c1cc(N(C)CCN)c(OC(F)(F)C=O)cc1C. The number of carbonyl (C=O) groups excluding carboxylic acids is 2. The molecule has 1 aromatic rings. The second kappa shape index (κ2) is 7.87. The fraction of sp³-hybridized carbons (Fsp3) is 0.467. The van der Waals surface area contributed by atoms with Gasteiger partial charge in [-0.2, -0.15) is 8.78 Å². The Morgan fingerprint density at radius 1 is 1.43 bits per heavy atom. The maximum Gasteiger partial charge on any atom is 0.458 e. The summed E-state index contributed by atoms with van der Waals surface area (Å²) < 4.78 is 35.9. The summed E-state index contributed by atoms with van der Waals surface area (Å²) >= 11 is 0. The summed E-state index contributed by atoms with van der Waals surface area (Å²) in [5.74, 6) is -0.787. The van der Waals surface area contributed by atoms with Crippen LogP contribution in [-0.4, -0.2) is 45.1 Å². The summed E-state index contributed by atoms with van der Waals surface area (Å²) in [5, 5.41) is 0. The number of likely N-dealkylation sites (N-methyl/N-ethyl adjacent to an activating group) is 1. The lowest BCUT2D eigenvalue weighted by molar-refractivity contribution is -0.176. The zero-order valence-electron chi connectivity index (χ0n) is 13.3. The summed E-state index contributed by atoms with van der Waals surface area (Å²) in [6.45, 7) is 4.02. The van der Waals surface area contributed by atoms with Crippen LogP contribution in [0, 0.1) is 6.92 Å². The van der Waals surface area contributed by atoms with E-state index in [1.807, 2.05) is 0 Å². The van der Waals surface area contributed by atoms with E-state index >= 15 is 0 Å². The Morgan fingerprint density at radius 3 is 2.61 bits per heavy atom. The minimum Gasteiger partial charge on any atom is -0.462 e. The van der Waals surface area contributed by atoms with Crippen molar-refractivity contribution >= 4 is 17.9 Å². The molecule has 0 spiro atoms. The van der Waals surface area contributed by atoms with Gasteiger partial charge < -0.3 is 20.1 Å². The molecule has 0 bridgehead atoms. The number of esters is 1. The largest absolute Gasteiger partial charge is 0.462 e. The van der Waals surface area contributed by atoms with Crippen LogP contribution >= 0.6 is 0 Å². The Bertz CT molecular complexity index is 579. The van der Waals surface area contributed by atoms with Gasteiger partial charge in [0.05, 0.1) is 17.9 Å². The molecule has 0 saturated carbocycles. The van der Waals surface area contributed by atoms with Gasteiger partial charge in [-0.05, 0) is 31.5 Å². The van der Waals surface area contributed by atoms with E-state index in [0.29, 0.717) is 12.1 Å². The molecule has 0 saturated heterocycles. The first kappa shape index (κ1) is 18.8. The number of nitrogens with zero attached hydrogens (tertiary/aromatic N) is 1. The summed E-state index contributed by atoms with van der Waals surface area (Å²) in [7, 11) is 1.61. The number of hydrogen-bond donors (Lipinski definition) is 1. The number of anilines is 1. The number of ether oxygens (including phenoxy) is 2. The summed E-state index contributed by atoms with van der Waals surface area (Å²) in [4.78, 5) is 23.9. The van der Waals surface area contributed by atoms with Crippen LogP contribution < -0.4 is 15.4 Å². The highest BCUT2D eigenvalue weighted by Crippen LogP contribution is 2.34. The predicted octanol–water partition coefficient (Wildman–Crippen LogP) is 1.74. The van der Waals surface area contributed by atoms with Crippen LogP contribution in [0.4, 0.5) is 14.5 Å². The number of hydrogen-bond acceptors (Lipinski definition) is 6. The first-order valence-corrected chi connectivity index (χ1v) is 7.01. The molecule has 23 heavy (non-hydrogen) atoms. The first-order chi connectivity index (χ1) is 10.8. The molecular formula is C15H20F2N2O4. The van der Waals surface area contributed by atoms with Crippen LogP contribution in [0.15, 0.2) is 12.1 Å². The van der Waals surface area contributed by atoms with Gasteiger partial charge in [0.2, 0.25) is 6.29 Å². The Kier molecular flexibility index (Phi) is 6.44. The van der Waals surface area contributed by atoms with Crippen molar-refractivity contribution in [2.24, 2.45) is 5.73 Å². The van der Waals surface area contributed by atoms with E-state index in [2.05, 4.69) is 4.74 Å². The Hall–Kier alpha value is -2.22. The molecule has 8 heteroatoms. The molecule has 0 aliphatic carbocycles. The second-order valence-corrected chi connectivity index (χ2v) is 4.85. The van der Waals surface area contributed by atoms with Crippen molar-refractivity contribution in [3.63, 3.8) is 0 Å². The van der Waals surface area contributed by atoms with Crippen LogP contribution in [0.2, 0.25) is 0 Å². The maximum atomic E-state index is 13.3. The molecule has 1 aromatic carbocycles. The van der Waals surface area contributed by atoms with Crippen LogP contribution in [0.25, 0.3) is 0 Å². The van der Waals surface area contributed by atoms with Crippen molar-refractivity contribution in [3.05, 3.63) is 23.3 Å². The second-order valence-electron chi connectivity index (χ2n) is 4.85. The monoisotopic (exact) mass is 330 g/mol. The number of aldehydes is 1. The highest BCUT2D eigenvalue weighted by atomic mass is 19.3. The summed E-state index contributed by atoms with van der Waals surface area (Å²) in [5.41, 5.74) is 6.30. The van der Waals surface area contributed by atoms with Crippen molar-refractivity contribution in [2.75, 3.05) is 31.6 Å². The molecule has 0 fully saturated rings. The summed E-state index contributed by atoms with van der Waals surface area (Å²) in [6, 6.07) is 2.66. The zero-order valence-corrected chi connectivity index (χ0v) is 13.3. The normalized spacial score (nSPS) is 11.0. The molecule has 0 atom stereocenters. The highest BCUT2D eigenvalue weighted by molar-refractivity contribution is 5.93. The van der Waals surface area contributed by atoms with Gasteiger partial charge >= 0.3 is 12.1 Å². The van der Waals surface area contributed by atoms with Gasteiger partial charge in [-0.15, -0.1) is 0 Å². The van der Waals surface area contributed by atoms with Gasteiger partial charge in [0, 0.05) is 20.1 Å². The number of benzene rings is 1. The fourth-order valence-electron chi connectivity index (χ4n) is 1.96. The van der Waals surface area contributed by atoms with Gasteiger partial charge in [0.25, 0.3) is 0 Å². The molecule has 0 aliphatic heterocycles. The maximum absolute atomic E-state index is 13.3. The molecular weight excluding hydrogens is 310 g/mol. The van der Waals surface area contributed by atoms with Gasteiger partial charge in [-0.25, -0.2) is 4.79 Å². The quantitative estimate of drug-likeness (QED) is 0.577. The van der Waals surface area contributed by atoms with Crippen molar-refractivity contribution < 1.29 is 27.8 Å². The number of halogens is 2. The molecule has 0 aliphatic rings. The number of aryl methyl sites for hydroxylation is 1. The van der Waals surface area contributed by atoms with E-state index in [1.165, 1.54) is 12.1 Å². The van der Waals surface area contributed by atoms with Gasteiger partial charge in [-0.3, -0.25) is 4.79 Å². The third-order valence-electron chi connectivity index (χ3n) is 3.06. The van der Waals surface area contributed by atoms with E-state index in [0.717, 1.165) is 0 Å². The molecule has 0 aromatic heterocycles. The topological polar surface area (TPSA) is 81.9 Å². The molecule has 6 nitrogen and oxygen atoms in total. The zero-order chi connectivity index (χ0) is 17.6. The number of alkyl halides is 2. The lowest BCUT2D eigenvalue weighted by Gasteiger charge is -2.24. The van der Waals surface area contributed by atoms with E-state index in [9.17, 15) is 18.4 Å². The number of rotatable bonds is 8. The van der Waals surface area contributed by atoms with Crippen LogP contribution in [0.1, 0.15) is 22.8 Å². The molecule has 1 rings (SSSR count). The third-order valence-corrected chi connectivity index (χ3v) is 3.06. The summed E-state index contributed by atoms with van der Waals surface area (Å²) in [6.07, 6.45) is -4.55. The third kappa shape index (κ3) is 4.88. The fourth-order valence-corrected chi connectivity index (χ4v) is 1.96. The van der Waals surface area contributed by atoms with Crippen molar-refractivity contribution in [1.29, 1.82) is 0 Å². The van der Waals surface area contributed by atoms with Gasteiger partial charge in [0.1, 0.15) is 0 Å². The van der Waals surface area contributed by atoms with Crippen molar-refractivity contribution in [2.45, 2.75) is 20.0 Å². The van der Waals surface area contributed by atoms with Crippen molar-refractivity contribution in [1.82, 2.24) is 0 Å². The average Bonchev–Trinajstić information content (AvgIpc) is 2.47. The minimum atomic E-state index is -3.96.